The summed E-state index contributed by atoms with van der Waals surface area (Å²) in [4.78, 5) is 11.9. The third kappa shape index (κ3) is 1.40. The molecule has 1 atom stereocenters. The van der Waals surface area contributed by atoms with E-state index >= 15 is 0 Å². The molecular formula is C5H9NO3. The first-order valence-corrected chi connectivity index (χ1v) is 2.83. The van der Waals surface area contributed by atoms with Crippen LogP contribution in [0.1, 0.15) is 0 Å². The Bertz CT molecular complexity index is 121. The summed E-state index contributed by atoms with van der Waals surface area (Å²) >= 11 is 0. The smallest absolute Gasteiger partial charge is 0.323 e. The molecule has 4 heteroatoms. The molecule has 0 spiro atoms. The quantitative estimate of drug-likeness (QED) is 0.470. The van der Waals surface area contributed by atoms with E-state index in [4.69, 9.17) is 10.2 Å². The Morgan fingerprint density at radius 3 is 2.33 bits per heavy atom. The lowest BCUT2D eigenvalue weighted by Crippen LogP contribution is -2.32. The molecule has 0 radical (unpaired) electrons. The van der Waals surface area contributed by atoms with Gasteiger partial charge in [-0.2, -0.15) is 0 Å². The van der Waals surface area contributed by atoms with Gasteiger partial charge < -0.3 is 10.2 Å². The van der Waals surface area contributed by atoms with E-state index in [-0.39, 0.29) is 6.61 Å². The van der Waals surface area contributed by atoms with Crippen LogP contribution in [0.5, 0.6) is 0 Å². The molecule has 0 aromatic carbocycles. The molecule has 0 saturated carbocycles. The number of carboxylic acid groups (broad SMARTS) is 1. The Kier molecular flexibility index (Phi) is 1.68. The lowest BCUT2D eigenvalue weighted by atomic mass is 10.3. The van der Waals surface area contributed by atoms with Crippen molar-refractivity contribution in [3.05, 3.63) is 0 Å². The maximum absolute atomic E-state index is 10.2. The van der Waals surface area contributed by atoms with E-state index < -0.39 is 12.0 Å². The number of hydrogen-bond acceptors (Lipinski definition) is 3. The van der Waals surface area contributed by atoms with Gasteiger partial charge in [0.2, 0.25) is 0 Å². The van der Waals surface area contributed by atoms with Crippen molar-refractivity contribution in [2.24, 2.45) is 0 Å². The van der Waals surface area contributed by atoms with Gasteiger partial charge in [-0.1, -0.05) is 0 Å². The van der Waals surface area contributed by atoms with Crippen LogP contribution >= 0.6 is 0 Å². The molecule has 1 saturated heterocycles. The van der Waals surface area contributed by atoms with E-state index in [1.54, 1.807) is 4.90 Å². The van der Waals surface area contributed by atoms with Crippen molar-refractivity contribution in [3.8, 4) is 0 Å². The Hall–Kier alpha value is -0.610. The van der Waals surface area contributed by atoms with Crippen molar-refractivity contribution < 1.29 is 15.0 Å². The van der Waals surface area contributed by atoms with Gasteiger partial charge in [0.25, 0.3) is 0 Å². The van der Waals surface area contributed by atoms with E-state index in [1.807, 2.05) is 0 Å². The summed E-state index contributed by atoms with van der Waals surface area (Å²) < 4.78 is 0. The van der Waals surface area contributed by atoms with Crippen LogP contribution in [0.2, 0.25) is 0 Å². The average molecular weight is 131 g/mol. The molecule has 0 aromatic rings. The van der Waals surface area contributed by atoms with E-state index in [1.165, 1.54) is 0 Å². The van der Waals surface area contributed by atoms with Gasteiger partial charge in [-0.25, -0.2) is 0 Å². The fourth-order valence-corrected chi connectivity index (χ4v) is 0.719. The highest BCUT2D eigenvalue weighted by molar-refractivity contribution is 5.73. The first kappa shape index (κ1) is 6.51. The number of aliphatic hydroxyl groups is 1. The number of carbonyl (C=O) groups is 1. The molecule has 52 valence electrons. The van der Waals surface area contributed by atoms with Gasteiger partial charge in [0.15, 0.2) is 0 Å². The third-order valence-electron chi connectivity index (χ3n) is 1.38. The zero-order valence-electron chi connectivity index (χ0n) is 4.95. The van der Waals surface area contributed by atoms with Crippen LogP contribution in [-0.4, -0.2) is 46.8 Å². The highest BCUT2D eigenvalue weighted by Gasteiger charge is 2.31. The molecule has 1 aliphatic heterocycles. The minimum absolute atomic E-state index is 0.282. The molecule has 1 aliphatic rings. The number of hydrogen-bond donors (Lipinski definition) is 2. The standard InChI is InChI=1S/C5H9NO3/c7-3-4(5(8)9)6-1-2-6/h4,7H,1-3H2,(H,8,9)/t4-/m0/s1. The molecule has 1 heterocycles. The zero-order chi connectivity index (χ0) is 6.85. The molecular weight excluding hydrogens is 122 g/mol. The third-order valence-corrected chi connectivity index (χ3v) is 1.38. The number of rotatable bonds is 3. The van der Waals surface area contributed by atoms with Crippen LogP contribution < -0.4 is 0 Å². The van der Waals surface area contributed by atoms with E-state index in [0.29, 0.717) is 0 Å². The van der Waals surface area contributed by atoms with Crippen LogP contribution in [0.4, 0.5) is 0 Å². The van der Waals surface area contributed by atoms with Gasteiger partial charge in [0.1, 0.15) is 6.04 Å². The van der Waals surface area contributed by atoms with Crippen molar-refractivity contribution in [3.63, 3.8) is 0 Å². The summed E-state index contributed by atoms with van der Waals surface area (Å²) in [5, 5.41) is 16.9. The largest absolute Gasteiger partial charge is 0.480 e. The van der Waals surface area contributed by atoms with E-state index in [0.717, 1.165) is 13.1 Å². The van der Waals surface area contributed by atoms with Gasteiger partial charge in [0.05, 0.1) is 6.61 Å². The van der Waals surface area contributed by atoms with Gasteiger partial charge >= 0.3 is 5.97 Å². The summed E-state index contributed by atoms with van der Waals surface area (Å²) in [6, 6.07) is -0.662. The fourth-order valence-electron chi connectivity index (χ4n) is 0.719. The number of aliphatic hydroxyl groups excluding tert-OH is 1. The Balaban J connectivity index is 2.37. The molecule has 4 nitrogen and oxygen atoms in total. The average Bonchev–Trinajstić information content (AvgIpc) is 2.50. The highest BCUT2D eigenvalue weighted by atomic mass is 16.4. The van der Waals surface area contributed by atoms with Gasteiger partial charge in [-0.05, 0) is 0 Å². The predicted molar refractivity (Wildman–Crippen MR) is 30.1 cm³/mol. The lowest BCUT2D eigenvalue weighted by Gasteiger charge is -2.07. The van der Waals surface area contributed by atoms with Gasteiger partial charge in [-0.3, -0.25) is 9.69 Å². The predicted octanol–water partition coefficient (Wildman–Crippen LogP) is -1.25. The molecule has 0 amide bonds. The molecule has 1 fully saturated rings. The summed E-state index contributed by atoms with van der Waals surface area (Å²) in [6.07, 6.45) is 0. The topological polar surface area (TPSA) is 60.5 Å². The van der Waals surface area contributed by atoms with Crippen molar-refractivity contribution >= 4 is 5.97 Å². The highest BCUT2D eigenvalue weighted by Crippen LogP contribution is 2.09. The molecule has 0 bridgehead atoms. The van der Waals surface area contributed by atoms with E-state index in [2.05, 4.69) is 0 Å². The van der Waals surface area contributed by atoms with Crippen molar-refractivity contribution in [2.45, 2.75) is 6.04 Å². The molecule has 0 unspecified atom stereocenters. The minimum atomic E-state index is -0.935. The van der Waals surface area contributed by atoms with Crippen molar-refractivity contribution in [1.82, 2.24) is 4.90 Å². The molecule has 2 N–H and O–H groups in total. The monoisotopic (exact) mass is 131 g/mol. The molecule has 0 aromatic heterocycles. The minimum Gasteiger partial charge on any atom is -0.480 e. The van der Waals surface area contributed by atoms with Crippen LogP contribution in [0.3, 0.4) is 0 Å². The Morgan fingerprint density at radius 1 is 1.67 bits per heavy atom. The maximum Gasteiger partial charge on any atom is 0.323 e. The van der Waals surface area contributed by atoms with Crippen LogP contribution in [0.25, 0.3) is 0 Å². The fraction of sp³-hybridized carbons (Fsp3) is 0.800. The maximum atomic E-state index is 10.2. The lowest BCUT2D eigenvalue weighted by molar-refractivity contribution is -0.142. The molecule has 1 rings (SSSR count). The summed E-state index contributed by atoms with van der Waals surface area (Å²) in [6.45, 7) is 1.32. The normalized spacial score (nSPS) is 21.4. The number of aliphatic carboxylic acids is 1. The van der Waals surface area contributed by atoms with Gasteiger partial charge in [0, 0.05) is 13.1 Å². The van der Waals surface area contributed by atoms with Crippen molar-refractivity contribution in [1.29, 1.82) is 0 Å². The second-order valence-electron chi connectivity index (χ2n) is 2.07. The first-order valence-electron chi connectivity index (χ1n) is 2.83. The summed E-state index contributed by atoms with van der Waals surface area (Å²) in [5.41, 5.74) is 0. The van der Waals surface area contributed by atoms with Gasteiger partial charge in [-0.15, -0.1) is 0 Å². The Labute approximate surface area is 52.7 Å². The van der Waals surface area contributed by atoms with Crippen LogP contribution in [0, 0.1) is 0 Å². The second-order valence-corrected chi connectivity index (χ2v) is 2.07. The first-order chi connectivity index (χ1) is 4.25. The molecule has 0 aliphatic carbocycles. The van der Waals surface area contributed by atoms with Crippen LogP contribution in [0.15, 0.2) is 0 Å². The SMILES string of the molecule is O=C(O)[C@H](CO)N1CC1. The van der Waals surface area contributed by atoms with Crippen molar-refractivity contribution in [2.75, 3.05) is 19.7 Å². The molecule has 9 heavy (non-hydrogen) atoms. The van der Waals surface area contributed by atoms with Crippen LogP contribution in [-0.2, 0) is 4.79 Å². The number of nitrogens with zero attached hydrogens (tertiary/aromatic N) is 1. The number of carboxylic acids is 1. The van der Waals surface area contributed by atoms with E-state index in [9.17, 15) is 4.79 Å². The second kappa shape index (κ2) is 2.33. The zero-order valence-corrected chi connectivity index (χ0v) is 4.95. The Morgan fingerprint density at radius 2 is 2.22 bits per heavy atom. The summed E-state index contributed by atoms with van der Waals surface area (Å²) in [7, 11) is 0. The summed E-state index contributed by atoms with van der Waals surface area (Å²) in [5.74, 6) is -0.935.